The lowest BCUT2D eigenvalue weighted by molar-refractivity contribution is 0.0348. The minimum Gasteiger partial charge on any atom is -0.385 e. The Kier molecular flexibility index (Phi) is 7.36. The van der Waals surface area contributed by atoms with Crippen LogP contribution in [0.5, 0.6) is 0 Å². The number of likely N-dealkylation sites (tertiary alicyclic amines) is 1. The van der Waals surface area contributed by atoms with Crippen LogP contribution < -0.4 is 16.2 Å². The Morgan fingerprint density at radius 1 is 1.18 bits per heavy atom. The van der Waals surface area contributed by atoms with Crippen LogP contribution in [0, 0.1) is 5.92 Å². The fourth-order valence-electron chi connectivity index (χ4n) is 5.55. The number of amides is 3. The maximum Gasteiger partial charge on any atom is 0.320 e. The van der Waals surface area contributed by atoms with Gasteiger partial charge in [0, 0.05) is 70.3 Å². The molecule has 3 N–H and O–H groups in total. The molecule has 34 heavy (non-hydrogen) atoms. The van der Waals surface area contributed by atoms with Gasteiger partial charge in [-0.25, -0.2) is 15.2 Å². The van der Waals surface area contributed by atoms with Gasteiger partial charge >= 0.3 is 6.03 Å². The third kappa shape index (κ3) is 4.74. The zero-order valence-electron chi connectivity index (χ0n) is 20.8. The van der Waals surface area contributed by atoms with Crippen molar-refractivity contribution in [2.45, 2.75) is 63.9 Å². The Morgan fingerprint density at radius 3 is 2.68 bits per heavy atom. The van der Waals surface area contributed by atoms with Gasteiger partial charge in [0.15, 0.2) is 0 Å². The third-order valence-corrected chi connectivity index (χ3v) is 7.57. The van der Waals surface area contributed by atoms with E-state index in [1.54, 1.807) is 7.11 Å². The zero-order valence-corrected chi connectivity index (χ0v) is 20.8. The Balaban J connectivity index is 1.41. The predicted octanol–water partition coefficient (Wildman–Crippen LogP) is 0.270. The van der Waals surface area contributed by atoms with E-state index in [1.165, 1.54) is 18.6 Å². The van der Waals surface area contributed by atoms with Gasteiger partial charge in [-0.3, -0.25) is 20.1 Å². The first-order valence-electron chi connectivity index (χ1n) is 12.1. The summed E-state index contributed by atoms with van der Waals surface area (Å²) in [5.74, 6) is -0.259. The normalized spacial score (nSPS) is 30.9. The summed E-state index contributed by atoms with van der Waals surface area (Å²) in [5, 5.41) is 3.01. The Bertz CT molecular complexity index is 869. The molecular formula is C23H38N8O3. The molecule has 0 radical (unpaired) electrons. The van der Waals surface area contributed by atoms with Crippen LogP contribution in [0.3, 0.4) is 0 Å². The molecule has 3 fully saturated rings. The molecule has 3 saturated heterocycles. The molecule has 4 rings (SSSR count). The van der Waals surface area contributed by atoms with E-state index in [0.717, 1.165) is 26.1 Å². The first-order valence-corrected chi connectivity index (χ1v) is 12.1. The summed E-state index contributed by atoms with van der Waals surface area (Å²) >= 11 is 0. The van der Waals surface area contributed by atoms with E-state index in [-0.39, 0.29) is 41.8 Å². The summed E-state index contributed by atoms with van der Waals surface area (Å²) in [6.07, 6.45) is 5.15. The maximum atomic E-state index is 13.8. The van der Waals surface area contributed by atoms with Crippen LogP contribution in [0.2, 0.25) is 0 Å². The van der Waals surface area contributed by atoms with E-state index in [2.05, 4.69) is 58.7 Å². The molecule has 11 heteroatoms. The number of hydrogen-bond donors (Lipinski definition) is 3. The molecule has 4 heterocycles. The molecule has 0 aliphatic carbocycles. The van der Waals surface area contributed by atoms with Crippen LogP contribution in [0.25, 0.3) is 0 Å². The molecule has 3 unspecified atom stereocenters. The average molecular weight is 475 g/mol. The van der Waals surface area contributed by atoms with Crippen molar-refractivity contribution in [3.8, 4) is 0 Å². The fourth-order valence-corrected chi connectivity index (χ4v) is 5.55. The molecule has 0 bridgehead atoms. The van der Waals surface area contributed by atoms with Crippen molar-refractivity contribution in [1.82, 2.24) is 40.8 Å². The number of ether oxygens (including phenoxy) is 1. The standard InChI is InChI=1S/C23H38N8O3/c1-15-13-30(16(2)12-29(15)9-6-10-34-5)22(33)31-14-17-19(23(31,3)4)27-28-20(17)26-21(32)18-11-24-7-8-25-18/h7-8,11,15-17,19-20,27-28H,6,9-10,12-14H2,1-5H3,(H,26,32)/t15-,16+,17?,19?,20?/m1/s1. The molecule has 188 valence electrons. The summed E-state index contributed by atoms with van der Waals surface area (Å²) in [6.45, 7) is 12.3. The van der Waals surface area contributed by atoms with Crippen molar-refractivity contribution in [2.75, 3.05) is 39.9 Å². The summed E-state index contributed by atoms with van der Waals surface area (Å²) in [7, 11) is 1.73. The van der Waals surface area contributed by atoms with Crippen LogP contribution in [0.1, 0.15) is 44.6 Å². The van der Waals surface area contributed by atoms with E-state index < -0.39 is 5.54 Å². The topological polar surface area (TPSA) is 115 Å². The van der Waals surface area contributed by atoms with E-state index >= 15 is 0 Å². The first-order chi connectivity index (χ1) is 16.2. The lowest BCUT2D eigenvalue weighted by atomic mass is 9.90. The van der Waals surface area contributed by atoms with Crippen LogP contribution in [0.4, 0.5) is 4.79 Å². The fraction of sp³-hybridized carbons (Fsp3) is 0.739. The highest BCUT2D eigenvalue weighted by Gasteiger charge is 2.56. The van der Waals surface area contributed by atoms with Gasteiger partial charge < -0.3 is 19.9 Å². The minimum absolute atomic E-state index is 0.00618. The first kappa shape index (κ1) is 24.8. The molecule has 3 aliphatic rings. The van der Waals surface area contributed by atoms with Gasteiger partial charge in [-0.15, -0.1) is 0 Å². The average Bonchev–Trinajstić information content (AvgIpc) is 3.34. The number of nitrogens with one attached hydrogen (secondary N) is 3. The highest BCUT2D eigenvalue weighted by Crippen LogP contribution is 2.38. The lowest BCUT2D eigenvalue weighted by Gasteiger charge is -2.47. The van der Waals surface area contributed by atoms with Crippen LogP contribution in [-0.4, -0.2) is 106 Å². The molecule has 3 amide bonds. The van der Waals surface area contributed by atoms with Gasteiger partial charge in [-0.05, 0) is 34.1 Å². The molecule has 11 nitrogen and oxygen atoms in total. The molecule has 1 aromatic rings. The molecule has 0 aromatic carbocycles. The molecule has 1 aromatic heterocycles. The number of fused-ring (bicyclic) bond motifs is 1. The number of piperazine rings is 1. The highest BCUT2D eigenvalue weighted by molar-refractivity contribution is 5.92. The highest BCUT2D eigenvalue weighted by atomic mass is 16.5. The lowest BCUT2D eigenvalue weighted by Crippen LogP contribution is -2.63. The minimum atomic E-state index is -0.417. The van der Waals surface area contributed by atoms with Crippen LogP contribution >= 0.6 is 0 Å². The summed E-state index contributed by atoms with van der Waals surface area (Å²) < 4.78 is 5.20. The molecular weight excluding hydrogens is 436 g/mol. The largest absolute Gasteiger partial charge is 0.385 e. The van der Waals surface area contributed by atoms with Gasteiger partial charge in [0.05, 0.1) is 23.9 Å². The molecule has 5 atom stereocenters. The Labute approximate surface area is 201 Å². The van der Waals surface area contributed by atoms with Gasteiger partial charge in [0.2, 0.25) is 0 Å². The number of aromatic nitrogens is 2. The number of methoxy groups -OCH3 is 1. The predicted molar refractivity (Wildman–Crippen MR) is 127 cm³/mol. The van der Waals surface area contributed by atoms with Crippen molar-refractivity contribution in [3.05, 3.63) is 24.3 Å². The van der Waals surface area contributed by atoms with Crippen molar-refractivity contribution in [2.24, 2.45) is 5.92 Å². The quantitative estimate of drug-likeness (QED) is 0.504. The number of nitrogens with zero attached hydrogens (tertiary/aromatic N) is 5. The Morgan fingerprint density at radius 2 is 1.97 bits per heavy atom. The maximum absolute atomic E-state index is 13.8. The van der Waals surface area contributed by atoms with Crippen LogP contribution in [0.15, 0.2) is 18.6 Å². The second-order valence-corrected chi connectivity index (χ2v) is 10.2. The van der Waals surface area contributed by atoms with Gasteiger partial charge in [0.1, 0.15) is 5.69 Å². The zero-order chi connectivity index (χ0) is 24.5. The number of rotatable bonds is 6. The Hall–Kier alpha value is -2.34. The van der Waals surface area contributed by atoms with Crippen molar-refractivity contribution in [1.29, 1.82) is 0 Å². The molecule has 3 aliphatic heterocycles. The molecule has 0 spiro atoms. The van der Waals surface area contributed by atoms with Crippen molar-refractivity contribution in [3.63, 3.8) is 0 Å². The van der Waals surface area contributed by atoms with Gasteiger partial charge in [0.25, 0.3) is 5.91 Å². The van der Waals surface area contributed by atoms with Crippen molar-refractivity contribution >= 4 is 11.9 Å². The summed E-state index contributed by atoms with van der Waals surface area (Å²) in [4.78, 5) is 40.9. The SMILES string of the molecule is COCCCN1C[C@H](C)N(C(=O)N2CC3C(NC(=O)c4cnccn4)NNC3C2(C)C)C[C@H]1C. The second-order valence-electron chi connectivity index (χ2n) is 10.2. The smallest absolute Gasteiger partial charge is 0.320 e. The van der Waals surface area contributed by atoms with Crippen LogP contribution in [-0.2, 0) is 4.74 Å². The van der Waals surface area contributed by atoms with E-state index in [1.807, 2.05) is 9.80 Å². The van der Waals surface area contributed by atoms with E-state index in [9.17, 15) is 9.59 Å². The van der Waals surface area contributed by atoms with Crippen molar-refractivity contribution < 1.29 is 14.3 Å². The van der Waals surface area contributed by atoms with Gasteiger partial charge in [-0.2, -0.15) is 0 Å². The number of urea groups is 1. The number of carbonyl (C=O) groups excluding carboxylic acids is 2. The van der Waals surface area contributed by atoms with E-state index in [0.29, 0.717) is 19.1 Å². The molecule has 0 saturated carbocycles. The van der Waals surface area contributed by atoms with Gasteiger partial charge in [-0.1, -0.05) is 0 Å². The van der Waals surface area contributed by atoms with E-state index in [4.69, 9.17) is 4.74 Å². The number of carbonyl (C=O) groups is 2. The number of hydrogen-bond acceptors (Lipinski definition) is 8. The summed E-state index contributed by atoms with van der Waals surface area (Å²) in [6, 6.07) is 0.490. The third-order valence-electron chi connectivity index (χ3n) is 7.57. The summed E-state index contributed by atoms with van der Waals surface area (Å²) in [5.41, 5.74) is 6.38. The monoisotopic (exact) mass is 474 g/mol. The number of hydrazine groups is 1. The second kappa shape index (κ2) is 10.1.